The van der Waals surface area contributed by atoms with Gasteiger partial charge in [0, 0.05) is 12.4 Å². The van der Waals surface area contributed by atoms with Gasteiger partial charge >= 0.3 is 0 Å². The number of amides is 1. The van der Waals surface area contributed by atoms with Crippen molar-refractivity contribution in [3.63, 3.8) is 0 Å². The SMILES string of the molecule is Cc1ccc(C)c(-n2ccnc2SCC(=O)Nc2nc3ccccc3s2)c1. The smallest absolute Gasteiger partial charge is 0.236 e. The highest BCUT2D eigenvalue weighted by Crippen LogP contribution is 2.27. The first kappa shape index (κ1) is 17.8. The molecule has 0 aliphatic rings. The van der Waals surface area contributed by atoms with E-state index in [2.05, 4.69) is 47.3 Å². The third-order valence-corrected chi connectivity index (χ3v) is 6.02. The summed E-state index contributed by atoms with van der Waals surface area (Å²) in [5.41, 5.74) is 4.34. The van der Waals surface area contributed by atoms with E-state index in [4.69, 9.17) is 0 Å². The molecule has 5 nitrogen and oxygen atoms in total. The fourth-order valence-corrected chi connectivity index (χ4v) is 4.42. The minimum Gasteiger partial charge on any atom is -0.301 e. The van der Waals surface area contributed by atoms with Crippen LogP contribution in [0.4, 0.5) is 5.13 Å². The summed E-state index contributed by atoms with van der Waals surface area (Å²) < 4.78 is 3.09. The van der Waals surface area contributed by atoms with Gasteiger partial charge in [0.05, 0.1) is 21.7 Å². The van der Waals surface area contributed by atoms with E-state index >= 15 is 0 Å². The molecule has 2 aromatic heterocycles. The van der Waals surface area contributed by atoms with Gasteiger partial charge in [-0.1, -0.05) is 47.4 Å². The fraction of sp³-hybridized carbons (Fsp3) is 0.150. The standard InChI is InChI=1S/C20H18N4OS2/c1-13-7-8-14(2)16(11-13)24-10-9-21-20(24)26-12-18(25)23-19-22-15-5-3-4-6-17(15)27-19/h3-11H,12H2,1-2H3,(H,22,23,25). The van der Waals surface area contributed by atoms with Crippen LogP contribution in [-0.4, -0.2) is 26.2 Å². The highest BCUT2D eigenvalue weighted by molar-refractivity contribution is 7.99. The van der Waals surface area contributed by atoms with E-state index in [0.717, 1.165) is 21.1 Å². The summed E-state index contributed by atoms with van der Waals surface area (Å²) in [7, 11) is 0. The number of carbonyl (C=O) groups excluding carboxylic acids is 1. The van der Waals surface area contributed by atoms with Gasteiger partial charge in [-0.3, -0.25) is 9.36 Å². The van der Waals surface area contributed by atoms with E-state index < -0.39 is 0 Å². The largest absolute Gasteiger partial charge is 0.301 e. The van der Waals surface area contributed by atoms with Crippen molar-refractivity contribution in [2.45, 2.75) is 19.0 Å². The molecule has 0 atom stereocenters. The van der Waals surface area contributed by atoms with Gasteiger partial charge < -0.3 is 5.32 Å². The number of hydrogen-bond donors (Lipinski definition) is 1. The zero-order valence-electron chi connectivity index (χ0n) is 15.0. The molecule has 27 heavy (non-hydrogen) atoms. The number of anilines is 1. The van der Waals surface area contributed by atoms with Gasteiger partial charge in [-0.25, -0.2) is 9.97 Å². The van der Waals surface area contributed by atoms with Crippen LogP contribution in [0.25, 0.3) is 15.9 Å². The maximum absolute atomic E-state index is 12.4. The summed E-state index contributed by atoms with van der Waals surface area (Å²) in [6, 6.07) is 14.2. The van der Waals surface area contributed by atoms with Crippen LogP contribution in [0.5, 0.6) is 0 Å². The van der Waals surface area contributed by atoms with E-state index in [-0.39, 0.29) is 11.7 Å². The second-order valence-electron chi connectivity index (χ2n) is 6.19. The Morgan fingerprint density at radius 2 is 2.07 bits per heavy atom. The lowest BCUT2D eigenvalue weighted by atomic mass is 10.1. The number of thiazole rings is 1. The van der Waals surface area contributed by atoms with Gasteiger partial charge in [-0.05, 0) is 43.2 Å². The van der Waals surface area contributed by atoms with Crippen LogP contribution in [0.1, 0.15) is 11.1 Å². The molecule has 0 unspecified atom stereocenters. The number of fused-ring (bicyclic) bond motifs is 1. The number of rotatable bonds is 5. The summed E-state index contributed by atoms with van der Waals surface area (Å²) in [5, 5.41) is 4.30. The first-order chi connectivity index (χ1) is 13.1. The van der Waals surface area contributed by atoms with E-state index in [1.54, 1.807) is 6.20 Å². The predicted molar refractivity (Wildman–Crippen MR) is 112 cm³/mol. The number of aryl methyl sites for hydroxylation is 2. The van der Waals surface area contributed by atoms with Gasteiger partial charge in [0.2, 0.25) is 5.91 Å². The molecule has 0 aliphatic carbocycles. The number of imidazole rings is 1. The van der Waals surface area contributed by atoms with Crippen molar-refractivity contribution < 1.29 is 4.79 Å². The summed E-state index contributed by atoms with van der Waals surface area (Å²) >= 11 is 2.89. The third kappa shape index (κ3) is 3.89. The van der Waals surface area contributed by atoms with E-state index in [9.17, 15) is 4.79 Å². The number of benzene rings is 2. The summed E-state index contributed by atoms with van der Waals surface area (Å²) in [5.74, 6) is 0.187. The highest BCUT2D eigenvalue weighted by Gasteiger charge is 2.12. The highest BCUT2D eigenvalue weighted by atomic mass is 32.2. The van der Waals surface area contributed by atoms with Crippen molar-refractivity contribution in [3.8, 4) is 5.69 Å². The fourth-order valence-electron chi connectivity index (χ4n) is 2.77. The van der Waals surface area contributed by atoms with Crippen LogP contribution >= 0.6 is 23.1 Å². The number of aromatic nitrogens is 3. The Kier molecular flexibility index (Phi) is 4.96. The van der Waals surface area contributed by atoms with Crippen molar-refractivity contribution in [3.05, 3.63) is 66.0 Å². The lowest BCUT2D eigenvalue weighted by Crippen LogP contribution is -2.14. The zero-order valence-corrected chi connectivity index (χ0v) is 16.6. The number of thioether (sulfide) groups is 1. The first-order valence-electron chi connectivity index (χ1n) is 8.49. The molecule has 7 heteroatoms. The zero-order chi connectivity index (χ0) is 18.8. The van der Waals surface area contributed by atoms with Crippen molar-refractivity contribution >= 4 is 44.4 Å². The molecule has 4 aromatic rings. The monoisotopic (exact) mass is 394 g/mol. The maximum atomic E-state index is 12.4. The Labute approximate surface area is 165 Å². The lowest BCUT2D eigenvalue weighted by Gasteiger charge is -2.11. The number of carbonyl (C=O) groups is 1. The van der Waals surface area contributed by atoms with Crippen molar-refractivity contribution in [1.82, 2.24) is 14.5 Å². The van der Waals surface area contributed by atoms with E-state index in [0.29, 0.717) is 5.13 Å². The molecule has 0 radical (unpaired) electrons. The Hall–Kier alpha value is -2.64. The van der Waals surface area contributed by atoms with Gasteiger partial charge in [-0.15, -0.1) is 0 Å². The van der Waals surface area contributed by atoms with Crippen LogP contribution in [-0.2, 0) is 4.79 Å². The van der Waals surface area contributed by atoms with Gasteiger partial charge in [0.1, 0.15) is 0 Å². The normalized spacial score (nSPS) is 11.0. The Morgan fingerprint density at radius 3 is 2.93 bits per heavy atom. The van der Waals surface area contributed by atoms with Crippen LogP contribution in [0.3, 0.4) is 0 Å². The van der Waals surface area contributed by atoms with E-state index in [1.807, 2.05) is 35.0 Å². The molecule has 0 fully saturated rings. The molecule has 136 valence electrons. The van der Waals surface area contributed by atoms with Crippen molar-refractivity contribution in [2.75, 3.05) is 11.1 Å². The second-order valence-corrected chi connectivity index (χ2v) is 8.17. The molecule has 0 saturated heterocycles. The average molecular weight is 395 g/mol. The Balaban J connectivity index is 1.45. The number of nitrogens with one attached hydrogen (secondary N) is 1. The van der Waals surface area contributed by atoms with Gasteiger partial charge in [0.25, 0.3) is 0 Å². The number of hydrogen-bond acceptors (Lipinski definition) is 5. The predicted octanol–water partition coefficient (Wildman–Crippen LogP) is 4.83. The molecule has 4 rings (SSSR count). The molecule has 2 aromatic carbocycles. The topological polar surface area (TPSA) is 59.8 Å². The molecule has 0 spiro atoms. The summed E-state index contributed by atoms with van der Waals surface area (Å²) in [6.07, 6.45) is 3.69. The first-order valence-corrected chi connectivity index (χ1v) is 10.3. The minimum atomic E-state index is -0.0884. The van der Waals surface area contributed by atoms with Gasteiger partial charge in [-0.2, -0.15) is 0 Å². The minimum absolute atomic E-state index is 0.0884. The molecule has 0 saturated carbocycles. The quantitative estimate of drug-likeness (QED) is 0.493. The summed E-state index contributed by atoms with van der Waals surface area (Å²) in [6.45, 7) is 4.14. The molecule has 0 bridgehead atoms. The van der Waals surface area contributed by atoms with Crippen molar-refractivity contribution in [2.24, 2.45) is 0 Å². The third-order valence-electron chi connectivity index (χ3n) is 4.10. The Bertz CT molecular complexity index is 1080. The summed E-state index contributed by atoms with van der Waals surface area (Å²) in [4.78, 5) is 21.2. The van der Waals surface area contributed by atoms with E-state index in [1.165, 1.54) is 34.2 Å². The van der Waals surface area contributed by atoms with Gasteiger partial charge in [0.15, 0.2) is 10.3 Å². The molecule has 1 amide bonds. The maximum Gasteiger partial charge on any atom is 0.236 e. The Morgan fingerprint density at radius 1 is 1.22 bits per heavy atom. The molecular weight excluding hydrogens is 376 g/mol. The van der Waals surface area contributed by atoms with Crippen LogP contribution < -0.4 is 5.32 Å². The van der Waals surface area contributed by atoms with Crippen LogP contribution in [0.2, 0.25) is 0 Å². The van der Waals surface area contributed by atoms with Crippen molar-refractivity contribution in [1.29, 1.82) is 0 Å². The second kappa shape index (κ2) is 7.54. The number of para-hydroxylation sites is 1. The molecule has 0 aliphatic heterocycles. The number of nitrogens with zero attached hydrogens (tertiary/aromatic N) is 3. The molecule has 1 N–H and O–H groups in total. The van der Waals surface area contributed by atoms with Crippen LogP contribution in [0.15, 0.2) is 60.0 Å². The molecular formula is C20H18N4OS2. The van der Waals surface area contributed by atoms with Crippen LogP contribution in [0, 0.1) is 13.8 Å². The lowest BCUT2D eigenvalue weighted by molar-refractivity contribution is -0.113. The average Bonchev–Trinajstić information content (AvgIpc) is 3.28. The molecule has 2 heterocycles.